The van der Waals surface area contributed by atoms with E-state index in [1.807, 2.05) is 19.9 Å². The molecule has 0 unspecified atom stereocenters. The Morgan fingerprint density at radius 3 is 3.00 bits per heavy atom. The van der Waals surface area contributed by atoms with Crippen LogP contribution in [0, 0.1) is 0 Å². The lowest BCUT2D eigenvalue weighted by molar-refractivity contribution is 0.0955. The Kier molecular flexibility index (Phi) is 2.46. The number of benzene rings is 1. The number of Topliss-reactive ketones (excluding diaryl/α,β-unsaturated/α-hetero) is 1. The molecule has 0 aliphatic carbocycles. The van der Waals surface area contributed by atoms with Crippen molar-refractivity contribution in [3.8, 4) is 5.75 Å². The zero-order valence-electron chi connectivity index (χ0n) is 9.80. The summed E-state index contributed by atoms with van der Waals surface area (Å²) in [5.74, 6) is 1.82. The number of fused-ring (bicyclic) bond motifs is 3. The third-order valence-electron chi connectivity index (χ3n) is 3.38. The Bertz CT molecular complexity index is 523. The Morgan fingerprint density at radius 1 is 1.47 bits per heavy atom. The van der Waals surface area contributed by atoms with Gasteiger partial charge in [-0.1, -0.05) is 11.6 Å². The number of hydrogen-bond acceptors (Lipinski definition) is 3. The van der Waals surface area contributed by atoms with E-state index in [4.69, 9.17) is 16.3 Å². The van der Waals surface area contributed by atoms with Crippen molar-refractivity contribution in [2.45, 2.75) is 30.8 Å². The highest BCUT2D eigenvalue weighted by molar-refractivity contribution is 8.00. The molecule has 2 nitrogen and oxygen atoms in total. The summed E-state index contributed by atoms with van der Waals surface area (Å²) in [6.45, 7) is 4.60. The molecule has 0 N–H and O–H groups in total. The van der Waals surface area contributed by atoms with Gasteiger partial charge < -0.3 is 4.74 Å². The summed E-state index contributed by atoms with van der Waals surface area (Å²) in [6.07, 6.45) is 0.893. The lowest BCUT2D eigenvalue weighted by atomic mass is 9.93. The van der Waals surface area contributed by atoms with Gasteiger partial charge in [-0.05, 0) is 25.5 Å². The highest BCUT2D eigenvalue weighted by atomic mass is 35.5. The van der Waals surface area contributed by atoms with Gasteiger partial charge in [-0.15, -0.1) is 11.8 Å². The van der Waals surface area contributed by atoms with Crippen LogP contribution in [0.2, 0.25) is 5.02 Å². The average Bonchev–Trinajstić information content (AvgIpc) is 2.70. The first-order chi connectivity index (χ1) is 8.00. The van der Waals surface area contributed by atoms with Crippen LogP contribution >= 0.6 is 23.4 Å². The topological polar surface area (TPSA) is 26.3 Å². The number of carbonyl (C=O) groups is 1. The van der Waals surface area contributed by atoms with Gasteiger partial charge in [0.2, 0.25) is 0 Å². The summed E-state index contributed by atoms with van der Waals surface area (Å²) in [4.78, 5) is 12.4. The SMILES string of the molecule is CC1(C)SCc2c3c(cc(Cl)c2C1=O)CCO3. The van der Waals surface area contributed by atoms with Crippen molar-refractivity contribution in [3.63, 3.8) is 0 Å². The Labute approximate surface area is 110 Å². The van der Waals surface area contributed by atoms with Gasteiger partial charge in [0.25, 0.3) is 0 Å². The molecule has 0 fully saturated rings. The number of thioether (sulfide) groups is 1. The zero-order chi connectivity index (χ0) is 12.2. The van der Waals surface area contributed by atoms with Gasteiger partial charge in [0.15, 0.2) is 5.78 Å². The first-order valence-electron chi connectivity index (χ1n) is 5.66. The molecule has 2 heterocycles. The first-order valence-corrected chi connectivity index (χ1v) is 7.03. The Morgan fingerprint density at radius 2 is 2.24 bits per heavy atom. The van der Waals surface area contributed by atoms with Crippen LogP contribution in [0.4, 0.5) is 0 Å². The van der Waals surface area contributed by atoms with Crippen molar-refractivity contribution in [1.29, 1.82) is 0 Å². The smallest absolute Gasteiger partial charge is 0.180 e. The fourth-order valence-electron chi connectivity index (χ4n) is 2.37. The molecule has 2 aliphatic heterocycles. The highest BCUT2D eigenvalue weighted by Gasteiger charge is 2.39. The standard InChI is InChI=1S/C13H13ClO2S/c1-13(2)12(15)10-8(6-17-13)11-7(3-4-16-11)5-9(10)14/h5H,3-4,6H2,1-2H3. The maximum absolute atomic E-state index is 12.4. The van der Waals surface area contributed by atoms with Gasteiger partial charge >= 0.3 is 0 Å². The summed E-state index contributed by atoms with van der Waals surface area (Å²) in [7, 11) is 0. The molecule has 0 spiro atoms. The van der Waals surface area contributed by atoms with Gasteiger partial charge in [0.05, 0.1) is 16.4 Å². The highest BCUT2D eigenvalue weighted by Crippen LogP contribution is 2.46. The Hall–Kier alpha value is -0.670. The molecule has 2 aliphatic rings. The van der Waals surface area contributed by atoms with E-state index < -0.39 is 0 Å². The van der Waals surface area contributed by atoms with E-state index in [1.165, 1.54) is 0 Å². The van der Waals surface area contributed by atoms with E-state index in [9.17, 15) is 4.79 Å². The minimum absolute atomic E-state index is 0.118. The summed E-state index contributed by atoms with van der Waals surface area (Å²) < 4.78 is 5.26. The van der Waals surface area contributed by atoms with Crippen molar-refractivity contribution in [1.82, 2.24) is 0 Å². The molecule has 0 bridgehead atoms. The van der Waals surface area contributed by atoms with E-state index in [-0.39, 0.29) is 10.5 Å². The fourth-order valence-corrected chi connectivity index (χ4v) is 3.72. The molecule has 0 saturated carbocycles. The third-order valence-corrected chi connectivity index (χ3v) is 5.01. The molecule has 0 aromatic heterocycles. The molecule has 90 valence electrons. The van der Waals surface area contributed by atoms with Crippen LogP contribution in [0.25, 0.3) is 0 Å². The maximum atomic E-state index is 12.4. The van der Waals surface area contributed by atoms with E-state index >= 15 is 0 Å². The molecule has 0 saturated heterocycles. The summed E-state index contributed by atoms with van der Waals surface area (Å²) in [5, 5.41) is 0.586. The fraction of sp³-hybridized carbons (Fsp3) is 0.462. The zero-order valence-corrected chi connectivity index (χ0v) is 11.4. The minimum Gasteiger partial charge on any atom is -0.493 e. The van der Waals surface area contributed by atoms with Crippen LogP contribution in [0.5, 0.6) is 5.75 Å². The van der Waals surface area contributed by atoms with E-state index in [0.29, 0.717) is 17.2 Å². The maximum Gasteiger partial charge on any atom is 0.180 e. The van der Waals surface area contributed by atoms with Crippen molar-refractivity contribution in [3.05, 3.63) is 27.8 Å². The number of ketones is 1. The molecule has 1 aromatic rings. The lowest BCUT2D eigenvalue weighted by Gasteiger charge is -2.30. The van der Waals surface area contributed by atoms with Crippen LogP contribution in [-0.4, -0.2) is 17.1 Å². The molecular formula is C13H13ClO2S. The average molecular weight is 269 g/mol. The van der Waals surface area contributed by atoms with Crippen LogP contribution < -0.4 is 4.74 Å². The second kappa shape index (κ2) is 3.66. The van der Waals surface area contributed by atoms with E-state index in [2.05, 4.69) is 0 Å². The largest absolute Gasteiger partial charge is 0.493 e. The van der Waals surface area contributed by atoms with Crippen molar-refractivity contribution in [2.24, 2.45) is 0 Å². The van der Waals surface area contributed by atoms with Gasteiger partial charge in [0.1, 0.15) is 5.75 Å². The van der Waals surface area contributed by atoms with Crippen LogP contribution in [0.1, 0.15) is 35.3 Å². The summed E-state index contributed by atoms with van der Waals surface area (Å²) in [5.41, 5.74) is 2.82. The van der Waals surface area contributed by atoms with Crippen molar-refractivity contribution in [2.75, 3.05) is 6.61 Å². The molecular weight excluding hydrogens is 256 g/mol. The first kappa shape index (κ1) is 11.4. The van der Waals surface area contributed by atoms with Gasteiger partial charge in [-0.3, -0.25) is 4.79 Å². The lowest BCUT2D eigenvalue weighted by Crippen LogP contribution is -2.32. The normalized spacial score (nSPS) is 20.8. The molecule has 3 rings (SSSR count). The predicted octanol–water partition coefficient (Wildman–Crippen LogP) is 3.48. The van der Waals surface area contributed by atoms with Gasteiger partial charge in [-0.2, -0.15) is 0 Å². The molecule has 4 heteroatoms. The second-order valence-electron chi connectivity index (χ2n) is 4.93. The summed E-state index contributed by atoms with van der Waals surface area (Å²) >= 11 is 7.92. The summed E-state index contributed by atoms with van der Waals surface area (Å²) in [6, 6.07) is 1.90. The molecule has 0 amide bonds. The van der Waals surface area contributed by atoms with Crippen molar-refractivity contribution >= 4 is 29.1 Å². The van der Waals surface area contributed by atoms with Crippen LogP contribution in [0.3, 0.4) is 0 Å². The van der Waals surface area contributed by atoms with Crippen LogP contribution in [0.15, 0.2) is 6.07 Å². The Balaban J connectivity index is 2.24. The van der Waals surface area contributed by atoms with Gasteiger partial charge in [-0.25, -0.2) is 0 Å². The van der Waals surface area contributed by atoms with Crippen molar-refractivity contribution < 1.29 is 9.53 Å². The van der Waals surface area contributed by atoms with E-state index in [0.717, 1.165) is 29.1 Å². The number of halogens is 1. The minimum atomic E-state index is -0.385. The molecule has 1 aromatic carbocycles. The quantitative estimate of drug-likeness (QED) is 0.721. The molecule has 0 atom stereocenters. The van der Waals surface area contributed by atoms with E-state index in [1.54, 1.807) is 11.8 Å². The number of carbonyl (C=O) groups excluding carboxylic acids is 1. The second-order valence-corrected chi connectivity index (χ2v) is 6.93. The molecule has 17 heavy (non-hydrogen) atoms. The van der Waals surface area contributed by atoms with Crippen LogP contribution in [-0.2, 0) is 12.2 Å². The number of rotatable bonds is 0. The third kappa shape index (κ3) is 1.59. The molecule has 0 radical (unpaired) electrons. The predicted molar refractivity (Wildman–Crippen MR) is 70.4 cm³/mol. The van der Waals surface area contributed by atoms with Gasteiger partial charge in [0, 0.05) is 23.3 Å². The number of hydrogen-bond donors (Lipinski definition) is 0. The monoisotopic (exact) mass is 268 g/mol. The number of ether oxygens (including phenoxy) is 1.